The first-order chi connectivity index (χ1) is 9.06. The van der Waals surface area contributed by atoms with E-state index in [1.54, 1.807) is 19.2 Å². The summed E-state index contributed by atoms with van der Waals surface area (Å²) in [6.45, 7) is 0.322. The van der Waals surface area contributed by atoms with E-state index >= 15 is 0 Å². The third kappa shape index (κ3) is 3.34. The van der Waals surface area contributed by atoms with Crippen LogP contribution < -0.4 is 0 Å². The molecule has 0 fully saturated rings. The molecule has 98 valence electrons. The van der Waals surface area contributed by atoms with Crippen molar-refractivity contribution in [2.45, 2.75) is 6.54 Å². The number of hydrogen-bond donors (Lipinski definition) is 0. The molecule has 5 heteroatoms. The summed E-state index contributed by atoms with van der Waals surface area (Å²) in [7, 11) is 1.60. The second-order valence-corrected chi connectivity index (χ2v) is 4.15. The molecule has 1 amide bonds. The fraction of sp³-hybridized carbons (Fsp3) is 0.143. The van der Waals surface area contributed by atoms with Gasteiger partial charge in [0.2, 0.25) is 5.95 Å². The maximum Gasteiger partial charge on any atom is 0.254 e. The molecule has 2 rings (SSSR count). The SMILES string of the molecule is CN(Cc1ccc(F)cc1)C(=O)c1ccnc(F)c1. The van der Waals surface area contributed by atoms with Crippen molar-refractivity contribution in [3.63, 3.8) is 0 Å². The molecule has 0 bridgehead atoms. The number of aromatic nitrogens is 1. The summed E-state index contributed by atoms with van der Waals surface area (Å²) in [6, 6.07) is 8.41. The summed E-state index contributed by atoms with van der Waals surface area (Å²) in [6.07, 6.45) is 1.24. The Hall–Kier alpha value is -2.30. The molecular formula is C14H12F2N2O. The van der Waals surface area contributed by atoms with E-state index in [-0.39, 0.29) is 17.3 Å². The van der Waals surface area contributed by atoms with Gasteiger partial charge in [-0.25, -0.2) is 9.37 Å². The molecule has 0 aliphatic rings. The van der Waals surface area contributed by atoms with E-state index in [2.05, 4.69) is 4.98 Å². The van der Waals surface area contributed by atoms with Crippen LogP contribution in [0.1, 0.15) is 15.9 Å². The molecule has 0 aliphatic heterocycles. The molecular weight excluding hydrogens is 250 g/mol. The highest BCUT2D eigenvalue weighted by Gasteiger charge is 2.12. The van der Waals surface area contributed by atoms with Crippen molar-refractivity contribution in [1.29, 1.82) is 0 Å². The van der Waals surface area contributed by atoms with Gasteiger partial charge in [0, 0.05) is 31.4 Å². The Bertz CT molecular complexity index is 584. The van der Waals surface area contributed by atoms with Crippen LogP contribution in [0.3, 0.4) is 0 Å². The molecule has 1 heterocycles. The van der Waals surface area contributed by atoms with Crippen molar-refractivity contribution in [2.24, 2.45) is 0 Å². The second-order valence-electron chi connectivity index (χ2n) is 4.15. The van der Waals surface area contributed by atoms with Crippen LogP contribution >= 0.6 is 0 Å². The van der Waals surface area contributed by atoms with Crippen LogP contribution in [0, 0.1) is 11.8 Å². The van der Waals surface area contributed by atoms with E-state index in [1.165, 1.54) is 29.3 Å². The van der Waals surface area contributed by atoms with Gasteiger partial charge in [-0.3, -0.25) is 4.79 Å². The van der Waals surface area contributed by atoms with Crippen LogP contribution in [-0.4, -0.2) is 22.8 Å². The maximum absolute atomic E-state index is 12.9. The zero-order valence-electron chi connectivity index (χ0n) is 10.3. The van der Waals surface area contributed by atoms with E-state index < -0.39 is 5.95 Å². The molecule has 1 aromatic carbocycles. The average molecular weight is 262 g/mol. The number of carbonyl (C=O) groups excluding carboxylic acids is 1. The van der Waals surface area contributed by atoms with E-state index in [0.29, 0.717) is 6.54 Å². The molecule has 0 aliphatic carbocycles. The summed E-state index contributed by atoms with van der Waals surface area (Å²) in [5.41, 5.74) is 1.03. The molecule has 0 saturated carbocycles. The molecule has 1 aromatic heterocycles. The zero-order chi connectivity index (χ0) is 13.8. The number of carbonyl (C=O) groups is 1. The van der Waals surface area contributed by atoms with Gasteiger partial charge in [-0.1, -0.05) is 12.1 Å². The predicted molar refractivity (Wildman–Crippen MR) is 66.4 cm³/mol. The van der Waals surface area contributed by atoms with Gasteiger partial charge in [0.05, 0.1) is 0 Å². The van der Waals surface area contributed by atoms with Gasteiger partial charge < -0.3 is 4.90 Å². The first kappa shape index (κ1) is 13.1. The fourth-order valence-corrected chi connectivity index (χ4v) is 1.69. The Balaban J connectivity index is 2.09. The van der Waals surface area contributed by atoms with E-state index in [4.69, 9.17) is 0 Å². The second kappa shape index (κ2) is 5.56. The largest absolute Gasteiger partial charge is 0.337 e. The number of nitrogens with zero attached hydrogens (tertiary/aromatic N) is 2. The smallest absolute Gasteiger partial charge is 0.254 e. The first-order valence-electron chi connectivity index (χ1n) is 5.68. The van der Waals surface area contributed by atoms with Gasteiger partial charge in [0.25, 0.3) is 5.91 Å². The third-order valence-electron chi connectivity index (χ3n) is 2.65. The number of pyridine rings is 1. The molecule has 0 saturated heterocycles. The minimum absolute atomic E-state index is 0.233. The van der Waals surface area contributed by atoms with Gasteiger partial charge in [0.15, 0.2) is 0 Å². The van der Waals surface area contributed by atoms with Gasteiger partial charge in [-0.05, 0) is 23.8 Å². The number of benzene rings is 1. The number of halogens is 2. The monoisotopic (exact) mass is 262 g/mol. The topological polar surface area (TPSA) is 33.2 Å². The Morgan fingerprint density at radius 2 is 1.89 bits per heavy atom. The Labute approximate surface area is 109 Å². The first-order valence-corrected chi connectivity index (χ1v) is 5.68. The van der Waals surface area contributed by atoms with Gasteiger partial charge in [0.1, 0.15) is 5.82 Å². The Morgan fingerprint density at radius 1 is 1.21 bits per heavy atom. The lowest BCUT2D eigenvalue weighted by Gasteiger charge is -2.17. The fourth-order valence-electron chi connectivity index (χ4n) is 1.69. The van der Waals surface area contributed by atoms with Crippen LogP contribution in [0.4, 0.5) is 8.78 Å². The number of rotatable bonds is 3. The highest BCUT2D eigenvalue weighted by molar-refractivity contribution is 5.93. The molecule has 3 nitrogen and oxygen atoms in total. The van der Waals surface area contributed by atoms with Crippen molar-refractivity contribution in [2.75, 3.05) is 7.05 Å². The molecule has 0 atom stereocenters. The van der Waals surface area contributed by atoms with Crippen LogP contribution in [-0.2, 0) is 6.54 Å². The van der Waals surface area contributed by atoms with Crippen molar-refractivity contribution in [3.8, 4) is 0 Å². The maximum atomic E-state index is 12.9. The minimum atomic E-state index is -0.693. The van der Waals surface area contributed by atoms with E-state index in [0.717, 1.165) is 11.6 Å². The predicted octanol–water partition coefficient (Wildman–Crippen LogP) is 2.63. The highest BCUT2D eigenvalue weighted by atomic mass is 19.1. The summed E-state index contributed by atoms with van der Waals surface area (Å²) >= 11 is 0. The van der Waals surface area contributed by atoms with Crippen molar-refractivity contribution in [3.05, 3.63) is 65.5 Å². The highest BCUT2D eigenvalue weighted by Crippen LogP contribution is 2.09. The summed E-state index contributed by atoms with van der Waals surface area (Å²) in [4.78, 5) is 16.9. The number of amides is 1. The summed E-state index contributed by atoms with van der Waals surface area (Å²) in [5.74, 6) is -1.33. The van der Waals surface area contributed by atoms with Crippen LogP contribution in [0.25, 0.3) is 0 Å². The molecule has 0 N–H and O–H groups in total. The van der Waals surface area contributed by atoms with Gasteiger partial charge >= 0.3 is 0 Å². The van der Waals surface area contributed by atoms with E-state index in [1.807, 2.05) is 0 Å². The minimum Gasteiger partial charge on any atom is -0.337 e. The Kier molecular flexibility index (Phi) is 3.85. The van der Waals surface area contributed by atoms with Gasteiger partial charge in [-0.2, -0.15) is 4.39 Å². The summed E-state index contributed by atoms with van der Waals surface area (Å²) in [5, 5.41) is 0. The van der Waals surface area contributed by atoms with Gasteiger partial charge in [-0.15, -0.1) is 0 Å². The lowest BCUT2D eigenvalue weighted by Crippen LogP contribution is -2.26. The average Bonchev–Trinajstić information content (AvgIpc) is 2.40. The Morgan fingerprint density at radius 3 is 2.53 bits per heavy atom. The van der Waals surface area contributed by atoms with Crippen LogP contribution in [0.2, 0.25) is 0 Å². The van der Waals surface area contributed by atoms with Crippen molar-refractivity contribution in [1.82, 2.24) is 9.88 Å². The third-order valence-corrected chi connectivity index (χ3v) is 2.65. The zero-order valence-corrected chi connectivity index (χ0v) is 10.3. The normalized spacial score (nSPS) is 10.3. The standard InChI is InChI=1S/C14H12F2N2O/c1-18(9-10-2-4-12(15)5-3-10)14(19)11-6-7-17-13(16)8-11/h2-8H,9H2,1H3. The lowest BCUT2D eigenvalue weighted by molar-refractivity contribution is 0.0784. The number of hydrogen-bond acceptors (Lipinski definition) is 2. The molecule has 2 aromatic rings. The molecule has 0 radical (unpaired) electrons. The summed E-state index contributed by atoms with van der Waals surface area (Å²) < 4.78 is 25.7. The van der Waals surface area contributed by atoms with Crippen molar-refractivity contribution < 1.29 is 13.6 Å². The molecule has 0 spiro atoms. The molecule has 0 unspecified atom stereocenters. The van der Waals surface area contributed by atoms with E-state index in [9.17, 15) is 13.6 Å². The molecule has 19 heavy (non-hydrogen) atoms. The lowest BCUT2D eigenvalue weighted by atomic mass is 10.2. The van der Waals surface area contributed by atoms with Crippen LogP contribution in [0.5, 0.6) is 0 Å². The van der Waals surface area contributed by atoms with Crippen molar-refractivity contribution >= 4 is 5.91 Å². The quantitative estimate of drug-likeness (QED) is 0.797. The van der Waals surface area contributed by atoms with Crippen LogP contribution in [0.15, 0.2) is 42.6 Å².